The minimum atomic E-state index is 0.150. The summed E-state index contributed by atoms with van der Waals surface area (Å²) in [6.07, 6.45) is 1.97. The Morgan fingerprint density at radius 2 is 0.929 bits per heavy atom. The molecule has 0 saturated carbocycles. The van der Waals surface area contributed by atoms with E-state index in [4.69, 9.17) is 0 Å². The van der Waals surface area contributed by atoms with Crippen molar-refractivity contribution in [2.24, 2.45) is 0 Å². The van der Waals surface area contributed by atoms with Crippen molar-refractivity contribution < 1.29 is 9.59 Å². The van der Waals surface area contributed by atoms with Gasteiger partial charge in [0.25, 0.3) is 11.8 Å². The van der Waals surface area contributed by atoms with E-state index in [2.05, 4.69) is 0 Å². The van der Waals surface area contributed by atoms with E-state index < -0.39 is 0 Å². The van der Waals surface area contributed by atoms with E-state index in [9.17, 15) is 9.59 Å². The zero-order valence-corrected chi connectivity index (χ0v) is 18.2. The largest absolute Gasteiger partial charge is 0.341 e. The Balaban J connectivity index is 0.000000238. The van der Waals surface area contributed by atoms with Crippen LogP contribution in [-0.2, 0) is 12.8 Å². The maximum Gasteiger partial charge on any atom is 0.253 e. The van der Waals surface area contributed by atoms with Gasteiger partial charge in [-0.2, -0.15) is 0 Å². The van der Waals surface area contributed by atoms with Crippen molar-refractivity contribution in [1.29, 1.82) is 0 Å². The van der Waals surface area contributed by atoms with Crippen molar-refractivity contribution >= 4 is 11.8 Å². The maximum absolute atomic E-state index is 11.5. The van der Waals surface area contributed by atoms with Crippen LogP contribution >= 0.6 is 0 Å². The van der Waals surface area contributed by atoms with Gasteiger partial charge in [0.15, 0.2) is 0 Å². The molecule has 0 atom stereocenters. The lowest BCUT2D eigenvalue weighted by atomic mass is 10.00. The van der Waals surface area contributed by atoms with Gasteiger partial charge in [-0.15, -0.1) is 0 Å². The van der Waals surface area contributed by atoms with Gasteiger partial charge in [0.1, 0.15) is 0 Å². The number of benzene rings is 2. The van der Waals surface area contributed by atoms with E-state index in [-0.39, 0.29) is 11.8 Å². The normalized spacial score (nSPS) is 14.2. The fraction of sp³-hybridized carbons (Fsp3) is 0.417. The van der Waals surface area contributed by atoms with E-state index >= 15 is 0 Å². The highest BCUT2D eigenvalue weighted by Crippen LogP contribution is 2.17. The fourth-order valence-electron chi connectivity index (χ4n) is 3.08. The first-order valence-electron chi connectivity index (χ1n) is 10.2. The first-order valence-corrected chi connectivity index (χ1v) is 10.2. The molecule has 2 heterocycles. The lowest BCUT2D eigenvalue weighted by Gasteiger charge is -2.24. The molecule has 0 saturated heterocycles. The summed E-state index contributed by atoms with van der Waals surface area (Å²) in [7, 11) is 3.69. The van der Waals surface area contributed by atoms with Crippen LogP contribution < -0.4 is 0 Å². The van der Waals surface area contributed by atoms with Gasteiger partial charge in [-0.25, -0.2) is 0 Å². The molecule has 2 aliphatic heterocycles. The Kier molecular flexibility index (Phi) is 10.0. The summed E-state index contributed by atoms with van der Waals surface area (Å²) in [5.74, 6) is 0.300. The van der Waals surface area contributed by atoms with E-state index in [0.717, 1.165) is 37.1 Å². The molecule has 4 rings (SSSR count). The highest BCUT2D eigenvalue weighted by atomic mass is 16.2. The molecule has 2 aromatic carbocycles. The number of nitrogens with zero attached hydrogens (tertiary/aromatic N) is 2. The lowest BCUT2D eigenvalue weighted by Crippen LogP contribution is -2.33. The molecular weight excluding hydrogens is 348 g/mol. The second-order valence-corrected chi connectivity index (χ2v) is 6.27. The fourth-order valence-corrected chi connectivity index (χ4v) is 3.08. The van der Waals surface area contributed by atoms with Crippen molar-refractivity contribution in [2.75, 3.05) is 27.2 Å². The first kappa shape index (κ1) is 23.4. The zero-order valence-electron chi connectivity index (χ0n) is 18.2. The topological polar surface area (TPSA) is 40.6 Å². The minimum Gasteiger partial charge on any atom is -0.341 e. The molecule has 0 bridgehead atoms. The van der Waals surface area contributed by atoms with E-state index in [0.29, 0.717) is 0 Å². The van der Waals surface area contributed by atoms with Gasteiger partial charge >= 0.3 is 0 Å². The number of carbonyl (C=O) groups excluding carboxylic acids is 2. The van der Waals surface area contributed by atoms with Crippen molar-refractivity contribution in [3.05, 3.63) is 70.8 Å². The first-order chi connectivity index (χ1) is 13.6. The molecule has 0 fully saturated rings. The summed E-state index contributed by atoms with van der Waals surface area (Å²) >= 11 is 0. The van der Waals surface area contributed by atoms with Gasteiger partial charge in [-0.05, 0) is 36.1 Å². The lowest BCUT2D eigenvalue weighted by molar-refractivity contribution is 0.0773. The Morgan fingerprint density at radius 3 is 1.29 bits per heavy atom. The van der Waals surface area contributed by atoms with E-state index in [1.165, 1.54) is 11.1 Å². The van der Waals surface area contributed by atoms with Crippen LogP contribution in [0, 0.1) is 0 Å². The van der Waals surface area contributed by atoms with Crippen LogP contribution in [0.2, 0.25) is 0 Å². The molecule has 2 aromatic rings. The summed E-state index contributed by atoms with van der Waals surface area (Å²) in [6, 6.07) is 15.6. The molecule has 0 aromatic heterocycles. The van der Waals surface area contributed by atoms with E-state index in [1.54, 1.807) is 9.80 Å². The monoisotopic (exact) mass is 382 g/mol. The highest BCUT2D eigenvalue weighted by molar-refractivity contribution is 5.97. The van der Waals surface area contributed by atoms with Gasteiger partial charge in [0, 0.05) is 38.3 Å². The van der Waals surface area contributed by atoms with Crippen LogP contribution in [0.1, 0.15) is 59.5 Å². The number of hydrogen-bond acceptors (Lipinski definition) is 2. The molecule has 2 aliphatic rings. The predicted octanol–water partition coefficient (Wildman–Crippen LogP) is 4.68. The standard InChI is InChI=1S/2C10H11NO.2C2H6/c2*1-11-7-6-8-4-2-3-5-9(8)10(11)12;2*1-2/h2*2-5H,6-7H2,1H3;2*1-2H3. The van der Waals surface area contributed by atoms with Crippen molar-refractivity contribution in [3.63, 3.8) is 0 Å². The third-order valence-electron chi connectivity index (χ3n) is 4.62. The molecule has 4 nitrogen and oxygen atoms in total. The smallest absolute Gasteiger partial charge is 0.253 e. The van der Waals surface area contributed by atoms with Gasteiger partial charge in [0.2, 0.25) is 0 Å². The molecule has 0 spiro atoms. The molecule has 0 N–H and O–H groups in total. The van der Waals surface area contributed by atoms with Crippen molar-refractivity contribution in [2.45, 2.75) is 40.5 Å². The Bertz CT molecular complexity index is 705. The minimum absolute atomic E-state index is 0.150. The molecule has 4 heteroatoms. The Hall–Kier alpha value is -2.62. The van der Waals surface area contributed by atoms with Gasteiger partial charge < -0.3 is 9.80 Å². The third kappa shape index (κ3) is 5.69. The predicted molar refractivity (Wildman–Crippen MR) is 117 cm³/mol. The van der Waals surface area contributed by atoms with Crippen molar-refractivity contribution in [3.8, 4) is 0 Å². The van der Waals surface area contributed by atoms with Gasteiger partial charge in [-0.3, -0.25) is 9.59 Å². The maximum atomic E-state index is 11.5. The van der Waals surface area contributed by atoms with Crippen LogP contribution in [0.3, 0.4) is 0 Å². The summed E-state index contributed by atoms with van der Waals surface area (Å²) in [5.41, 5.74) is 4.10. The number of carbonyl (C=O) groups is 2. The molecule has 28 heavy (non-hydrogen) atoms. The van der Waals surface area contributed by atoms with Crippen LogP contribution in [0.15, 0.2) is 48.5 Å². The third-order valence-corrected chi connectivity index (χ3v) is 4.62. The number of likely N-dealkylation sites (N-methyl/N-ethyl adjacent to an activating group) is 2. The second kappa shape index (κ2) is 12.0. The van der Waals surface area contributed by atoms with Gasteiger partial charge in [-0.1, -0.05) is 64.1 Å². The molecular formula is C24H34N2O2. The second-order valence-electron chi connectivity index (χ2n) is 6.27. The summed E-state index contributed by atoms with van der Waals surface area (Å²) in [4.78, 5) is 26.6. The zero-order chi connectivity index (χ0) is 21.1. The SMILES string of the molecule is CC.CC.CN1CCc2ccccc2C1=O.CN1CCc2ccccc2C1=O. The summed E-state index contributed by atoms with van der Waals surface area (Å²) in [5, 5.41) is 0. The Labute approximate surface area is 170 Å². The number of fused-ring (bicyclic) bond motifs is 2. The summed E-state index contributed by atoms with van der Waals surface area (Å²) in [6.45, 7) is 9.69. The summed E-state index contributed by atoms with van der Waals surface area (Å²) < 4.78 is 0. The van der Waals surface area contributed by atoms with Crippen LogP contribution in [0.5, 0.6) is 0 Å². The molecule has 152 valence electrons. The highest BCUT2D eigenvalue weighted by Gasteiger charge is 2.20. The molecule has 2 amide bonds. The van der Waals surface area contributed by atoms with Crippen LogP contribution in [0.4, 0.5) is 0 Å². The average molecular weight is 383 g/mol. The Morgan fingerprint density at radius 1 is 0.607 bits per heavy atom. The molecule has 0 aliphatic carbocycles. The van der Waals surface area contributed by atoms with Crippen molar-refractivity contribution in [1.82, 2.24) is 9.80 Å². The van der Waals surface area contributed by atoms with E-state index in [1.807, 2.05) is 90.3 Å². The number of hydrogen-bond donors (Lipinski definition) is 0. The van der Waals surface area contributed by atoms with Crippen LogP contribution in [0.25, 0.3) is 0 Å². The number of rotatable bonds is 0. The van der Waals surface area contributed by atoms with Gasteiger partial charge in [0.05, 0.1) is 0 Å². The molecule has 0 radical (unpaired) electrons. The van der Waals surface area contributed by atoms with Crippen LogP contribution in [-0.4, -0.2) is 48.8 Å². The quantitative estimate of drug-likeness (QED) is 0.664. The number of amides is 2. The average Bonchev–Trinajstić information content (AvgIpc) is 2.77. The molecule has 0 unspecified atom stereocenters.